The van der Waals surface area contributed by atoms with Gasteiger partial charge in [0.25, 0.3) is 5.91 Å². The summed E-state index contributed by atoms with van der Waals surface area (Å²) in [4.78, 5) is 29.9. The Hall–Kier alpha value is -1.75. The standard InChI is InChI=1S/C20H27ClN2O3/c1-13-9-14(2)12-22(11-13)20(25)17-5-4-8-23(17)19(24)16-10-15(21)6-7-18(16)26-3/h6-7,10,13-14,17H,4-5,8-9,11-12H2,1-3H3/t13-,14+,17-/m0/s1. The summed E-state index contributed by atoms with van der Waals surface area (Å²) in [6.07, 6.45) is 2.70. The fourth-order valence-electron chi connectivity index (χ4n) is 4.32. The highest BCUT2D eigenvalue weighted by atomic mass is 35.5. The largest absolute Gasteiger partial charge is 0.496 e. The molecule has 6 heteroatoms. The number of methoxy groups -OCH3 is 1. The predicted molar refractivity (Wildman–Crippen MR) is 102 cm³/mol. The van der Waals surface area contributed by atoms with Gasteiger partial charge in [-0.1, -0.05) is 25.4 Å². The molecule has 2 amide bonds. The highest BCUT2D eigenvalue weighted by Gasteiger charge is 2.39. The fraction of sp³-hybridized carbons (Fsp3) is 0.600. The molecule has 0 N–H and O–H groups in total. The second-order valence-electron chi connectivity index (χ2n) is 7.69. The summed E-state index contributed by atoms with van der Waals surface area (Å²) in [5.74, 6) is 1.38. The van der Waals surface area contributed by atoms with Crippen molar-refractivity contribution in [3.8, 4) is 5.75 Å². The smallest absolute Gasteiger partial charge is 0.258 e. The Morgan fingerprint density at radius 1 is 1.19 bits per heavy atom. The monoisotopic (exact) mass is 378 g/mol. The first-order valence-corrected chi connectivity index (χ1v) is 9.71. The Balaban J connectivity index is 1.81. The Kier molecular flexibility index (Phi) is 5.76. The summed E-state index contributed by atoms with van der Waals surface area (Å²) in [6, 6.07) is 4.62. The van der Waals surface area contributed by atoms with Gasteiger partial charge in [-0.05, 0) is 49.3 Å². The van der Waals surface area contributed by atoms with Crippen LogP contribution in [0.15, 0.2) is 18.2 Å². The van der Waals surface area contributed by atoms with E-state index in [1.165, 1.54) is 7.11 Å². The number of ether oxygens (including phenoxy) is 1. The molecule has 142 valence electrons. The lowest BCUT2D eigenvalue weighted by Gasteiger charge is -2.38. The van der Waals surface area contributed by atoms with Crippen LogP contribution in [0.5, 0.6) is 5.75 Å². The number of hydrogen-bond acceptors (Lipinski definition) is 3. The maximum absolute atomic E-state index is 13.1. The van der Waals surface area contributed by atoms with Crippen LogP contribution in [0.4, 0.5) is 0 Å². The van der Waals surface area contributed by atoms with Crippen LogP contribution in [0.3, 0.4) is 0 Å². The van der Waals surface area contributed by atoms with Crippen LogP contribution >= 0.6 is 11.6 Å². The van der Waals surface area contributed by atoms with E-state index in [-0.39, 0.29) is 17.9 Å². The minimum Gasteiger partial charge on any atom is -0.496 e. The molecule has 3 rings (SSSR count). The van der Waals surface area contributed by atoms with Gasteiger partial charge in [0.2, 0.25) is 5.91 Å². The van der Waals surface area contributed by atoms with Gasteiger partial charge < -0.3 is 14.5 Å². The Bertz CT molecular complexity index is 684. The molecule has 3 atom stereocenters. The molecule has 2 aliphatic rings. The fourth-order valence-corrected chi connectivity index (χ4v) is 4.49. The third kappa shape index (κ3) is 3.83. The normalized spacial score (nSPS) is 26.1. The molecular weight excluding hydrogens is 352 g/mol. The van der Waals surface area contributed by atoms with Crippen molar-refractivity contribution in [2.45, 2.75) is 39.2 Å². The van der Waals surface area contributed by atoms with Crippen LogP contribution in [0.25, 0.3) is 0 Å². The van der Waals surface area contributed by atoms with Crippen molar-refractivity contribution in [1.29, 1.82) is 0 Å². The van der Waals surface area contributed by atoms with E-state index < -0.39 is 0 Å². The van der Waals surface area contributed by atoms with E-state index in [0.717, 1.165) is 25.9 Å². The number of likely N-dealkylation sites (tertiary alicyclic amines) is 2. The van der Waals surface area contributed by atoms with Gasteiger partial charge in [-0.2, -0.15) is 0 Å². The Morgan fingerprint density at radius 3 is 2.54 bits per heavy atom. The van der Waals surface area contributed by atoms with Gasteiger partial charge in [-0.15, -0.1) is 0 Å². The predicted octanol–water partition coefficient (Wildman–Crippen LogP) is 3.46. The number of rotatable bonds is 3. The molecule has 2 heterocycles. The highest BCUT2D eigenvalue weighted by molar-refractivity contribution is 6.31. The van der Waals surface area contributed by atoms with E-state index in [1.54, 1.807) is 23.1 Å². The molecule has 26 heavy (non-hydrogen) atoms. The van der Waals surface area contributed by atoms with Gasteiger partial charge in [0.05, 0.1) is 12.7 Å². The van der Waals surface area contributed by atoms with E-state index in [4.69, 9.17) is 16.3 Å². The zero-order chi connectivity index (χ0) is 18.8. The maximum atomic E-state index is 13.1. The summed E-state index contributed by atoms with van der Waals surface area (Å²) in [6.45, 7) is 6.52. The molecule has 0 saturated carbocycles. The minimum absolute atomic E-state index is 0.0789. The summed E-state index contributed by atoms with van der Waals surface area (Å²) < 4.78 is 5.32. The zero-order valence-corrected chi connectivity index (χ0v) is 16.5. The molecule has 0 unspecified atom stereocenters. The Labute approximate surface area is 160 Å². The molecule has 0 radical (unpaired) electrons. The van der Waals surface area contributed by atoms with Crippen molar-refractivity contribution in [2.75, 3.05) is 26.7 Å². The van der Waals surface area contributed by atoms with Crippen LogP contribution in [0, 0.1) is 11.8 Å². The summed E-state index contributed by atoms with van der Waals surface area (Å²) in [7, 11) is 1.53. The van der Waals surface area contributed by atoms with Crippen LogP contribution in [0.1, 0.15) is 43.5 Å². The lowest BCUT2D eigenvalue weighted by molar-refractivity contribution is -0.138. The van der Waals surface area contributed by atoms with Crippen LogP contribution in [0.2, 0.25) is 5.02 Å². The summed E-state index contributed by atoms with van der Waals surface area (Å²) in [5, 5.41) is 0.481. The highest BCUT2D eigenvalue weighted by Crippen LogP contribution is 2.29. The molecule has 0 bridgehead atoms. The summed E-state index contributed by atoms with van der Waals surface area (Å²) in [5.41, 5.74) is 0.417. The van der Waals surface area contributed by atoms with E-state index in [1.807, 2.05) is 4.90 Å². The molecule has 0 aliphatic carbocycles. The quantitative estimate of drug-likeness (QED) is 0.809. The van der Waals surface area contributed by atoms with Crippen molar-refractivity contribution >= 4 is 23.4 Å². The van der Waals surface area contributed by atoms with E-state index in [2.05, 4.69) is 13.8 Å². The molecule has 1 aromatic rings. The van der Waals surface area contributed by atoms with Crippen molar-refractivity contribution in [3.63, 3.8) is 0 Å². The number of nitrogens with zero attached hydrogens (tertiary/aromatic N) is 2. The summed E-state index contributed by atoms with van der Waals surface area (Å²) >= 11 is 6.08. The van der Waals surface area contributed by atoms with Gasteiger partial charge in [0.1, 0.15) is 11.8 Å². The number of halogens is 1. The third-order valence-electron chi connectivity index (χ3n) is 5.37. The van der Waals surface area contributed by atoms with E-state index in [9.17, 15) is 9.59 Å². The Morgan fingerprint density at radius 2 is 1.88 bits per heavy atom. The second kappa shape index (κ2) is 7.87. The molecule has 2 saturated heterocycles. The first kappa shape index (κ1) is 19.0. The number of carbonyl (C=O) groups is 2. The van der Waals surface area contributed by atoms with Gasteiger partial charge >= 0.3 is 0 Å². The first-order valence-electron chi connectivity index (χ1n) is 9.34. The van der Waals surface area contributed by atoms with Gasteiger partial charge in [-0.25, -0.2) is 0 Å². The number of amides is 2. The molecule has 5 nitrogen and oxygen atoms in total. The number of piperidine rings is 1. The van der Waals surface area contributed by atoms with Crippen LogP contribution in [-0.2, 0) is 4.79 Å². The number of benzene rings is 1. The lowest BCUT2D eigenvalue weighted by Crippen LogP contribution is -2.51. The molecule has 2 aliphatic heterocycles. The molecule has 1 aromatic carbocycles. The average molecular weight is 379 g/mol. The zero-order valence-electron chi connectivity index (χ0n) is 15.7. The van der Waals surface area contributed by atoms with Gasteiger partial charge in [0.15, 0.2) is 0 Å². The lowest BCUT2D eigenvalue weighted by atomic mass is 9.91. The van der Waals surface area contributed by atoms with E-state index in [0.29, 0.717) is 41.1 Å². The van der Waals surface area contributed by atoms with Gasteiger partial charge in [0, 0.05) is 24.7 Å². The maximum Gasteiger partial charge on any atom is 0.258 e. The topological polar surface area (TPSA) is 49.9 Å². The van der Waals surface area contributed by atoms with E-state index >= 15 is 0 Å². The third-order valence-corrected chi connectivity index (χ3v) is 5.61. The number of carbonyl (C=O) groups excluding carboxylic acids is 2. The van der Waals surface area contributed by atoms with Crippen molar-refractivity contribution in [3.05, 3.63) is 28.8 Å². The average Bonchev–Trinajstić information content (AvgIpc) is 3.09. The van der Waals surface area contributed by atoms with Crippen LogP contribution < -0.4 is 4.74 Å². The molecule has 0 aromatic heterocycles. The SMILES string of the molecule is COc1ccc(Cl)cc1C(=O)N1CCC[C@H]1C(=O)N1C[C@H](C)C[C@H](C)C1. The number of hydrogen-bond donors (Lipinski definition) is 0. The first-order chi connectivity index (χ1) is 12.4. The van der Waals surface area contributed by atoms with Crippen LogP contribution in [-0.4, -0.2) is 54.4 Å². The minimum atomic E-state index is -0.385. The van der Waals surface area contributed by atoms with Crippen molar-refractivity contribution < 1.29 is 14.3 Å². The van der Waals surface area contributed by atoms with Crippen molar-refractivity contribution in [1.82, 2.24) is 9.80 Å². The van der Waals surface area contributed by atoms with Gasteiger partial charge in [-0.3, -0.25) is 9.59 Å². The molecule has 2 fully saturated rings. The molecular formula is C20H27ClN2O3. The molecule has 0 spiro atoms. The second-order valence-corrected chi connectivity index (χ2v) is 8.13. The van der Waals surface area contributed by atoms with Crippen molar-refractivity contribution in [2.24, 2.45) is 11.8 Å².